The number of ether oxygens (including phenoxy) is 2. The van der Waals surface area contributed by atoms with Crippen molar-refractivity contribution in [3.8, 4) is 11.5 Å². The number of hydrogen-bond donors (Lipinski definition) is 1. The zero-order valence-electron chi connectivity index (χ0n) is 22.3. The quantitative estimate of drug-likeness (QED) is 0.202. The molecule has 0 radical (unpaired) electrons. The second-order valence-corrected chi connectivity index (χ2v) is 9.77. The molecular weight excluding hydrogens is 528 g/mol. The fraction of sp³-hybridized carbons (Fsp3) is 0.156. The number of carbonyl (C=O) groups excluding carboxylic acids is 3. The molecule has 0 unspecified atom stereocenters. The predicted molar refractivity (Wildman–Crippen MR) is 156 cm³/mol. The average Bonchev–Trinajstić information content (AvgIpc) is 2.93. The molecule has 1 fully saturated rings. The number of barbiturate groups is 1. The van der Waals surface area contributed by atoms with Crippen LogP contribution in [0.25, 0.3) is 16.8 Å². The van der Waals surface area contributed by atoms with Crippen LogP contribution in [0, 0.1) is 13.8 Å². The molecule has 0 atom stereocenters. The largest absolute Gasteiger partial charge is 0.490 e. The molecule has 8 heteroatoms. The monoisotopic (exact) mass is 554 g/mol. The lowest BCUT2D eigenvalue weighted by Gasteiger charge is -2.28. The molecule has 1 aliphatic heterocycles. The smallest absolute Gasteiger partial charge is 0.335 e. The van der Waals surface area contributed by atoms with Gasteiger partial charge in [0.25, 0.3) is 11.8 Å². The number of imide groups is 2. The van der Waals surface area contributed by atoms with Gasteiger partial charge in [0.15, 0.2) is 11.5 Å². The van der Waals surface area contributed by atoms with Crippen LogP contribution in [0.3, 0.4) is 0 Å². The highest BCUT2D eigenvalue weighted by atomic mass is 35.5. The van der Waals surface area contributed by atoms with Gasteiger partial charge in [-0.25, -0.2) is 9.69 Å². The summed E-state index contributed by atoms with van der Waals surface area (Å²) in [5.74, 6) is -0.798. The number of fused-ring (bicyclic) bond motifs is 1. The van der Waals surface area contributed by atoms with Crippen molar-refractivity contribution >= 4 is 52.0 Å². The van der Waals surface area contributed by atoms with E-state index in [2.05, 4.69) is 5.32 Å². The number of aryl methyl sites for hydroxylation is 1. The van der Waals surface area contributed by atoms with E-state index in [0.29, 0.717) is 29.4 Å². The van der Waals surface area contributed by atoms with E-state index in [1.54, 1.807) is 24.3 Å². The van der Waals surface area contributed by atoms with Gasteiger partial charge >= 0.3 is 6.03 Å². The molecule has 0 bridgehead atoms. The van der Waals surface area contributed by atoms with Gasteiger partial charge in [0.2, 0.25) is 0 Å². The van der Waals surface area contributed by atoms with Crippen LogP contribution in [0.2, 0.25) is 5.02 Å². The van der Waals surface area contributed by atoms with Gasteiger partial charge in [-0.2, -0.15) is 0 Å². The Morgan fingerprint density at radius 1 is 0.925 bits per heavy atom. The third-order valence-electron chi connectivity index (χ3n) is 6.81. The average molecular weight is 555 g/mol. The second-order valence-electron chi connectivity index (χ2n) is 9.37. The molecule has 1 saturated heterocycles. The van der Waals surface area contributed by atoms with Crippen molar-refractivity contribution in [1.82, 2.24) is 5.32 Å². The number of hydrogen-bond acceptors (Lipinski definition) is 5. The lowest BCUT2D eigenvalue weighted by molar-refractivity contribution is -0.122. The molecule has 4 aromatic carbocycles. The number of rotatable bonds is 7. The summed E-state index contributed by atoms with van der Waals surface area (Å²) in [7, 11) is 0. The molecular formula is C32H27ClN2O5. The highest BCUT2D eigenvalue weighted by Gasteiger charge is 2.37. The van der Waals surface area contributed by atoms with Crippen molar-refractivity contribution in [3.63, 3.8) is 0 Å². The Hall–Kier alpha value is -4.62. The summed E-state index contributed by atoms with van der Waals surface area (Å²) in [5.41, 5.74) is 3.31. The standard InChI is InChI=1S/C32H27ClN2O5/c1-4-39-28-17-21(16-26(33)29(28)40-18-23-12-8-11-22-10-5-6-13-24(22)23)15-25-30(36)34-32(38)35(31(25)37)27-14-7-9-19(2)20(27)3/h5-17H,4,18H2,1-3H3,(H,34,36,38)/b25-15+. The van der Waals surface area contributed by atoms with Crippen molar-refractivity contribution in [2.75, 3.05) is 11.5 Å². The topological polar surface area (TPSA) is 84.9 Å². The van der Waals surface area contributed by atoms with E-state index in [0.717, 1.165) is 32.4 Å². The zero-order chi connectivity index (χ0) is 28.4. The Labute approximate surface area is 237 Å². The van der Waals surface area contributed by atoms with Crippen LogP contribution in [0.5, 0.6) is 11.5 Å². The molecule has 7 nitrogen and oxygen atoms in total. The Balaban J connectivity index is 1.48. The fourth-order valence-corrected chi connectivity index (χ4v) is 4.94. The van der Waals surface area contributed by atoms with Gasteiger partial charge < -0.3 is 9.47 Å². The van der Waals surface area contributed by atoms with E-state index in [1.807, 2.05) is 69.3 Å². The Morgan fingerprint density at radius 2 is 1.68 bits per heavy atom. The van der Waals surface area contributed by atoms with Gasteiger partial charge in [-0.3, -0.25) is 14.9 Å². The molecule has 40 heavy (non-hydrogen) atoms. The minimum atomic E-state index is -0.800. The normalized spacial score (nSPS) is 14.6. The van der Waals surface area contributed by atoms with Gasteiger partial charge in [0, 0.05) is 0 Å². The number of amides is 4. The predicted octanol–water partition coefficient (Wildman–Crippen LogP) is 6.75. The number of halogens is 1. The minimum Gasteiger partial charge on any atom is -0.490 e. The molecule has 5 rings (SSSR count). The molecule has 0 aliphatic carbocycles. The van der Waals surface area contributed by atoms with Gasteiger partial charge in [-0.15, -0.1) is 0 Å². The summed E-state index contributed by atoms with van der Waals surface area (Å²) < 4.78 is 12.0. The van der Waals surface area contributed by atoms with E-state index >= 15 is 0 Å². The van der Waals surface area contributed by atoms with Crippen LogP contribution >= 0.6 is 11.6 Å². The number of benzene rings is 4. The number of nitrogens with one attached hydrogen (secondary N) is 1. The third-order valence-corrected chi connectivity index (χ3v) is 7.09. The lowest BCUT2D eigenvalue weighted by atomic mass is 10.0. The van der Waals surface area contributed by atoms with Gasteiger partial charge in [-0.1, -0.05) is 66.2 Å². The first kappa shape index (κ1) is 27.0. The Kier molecular flexibility index (Phi) is 7.58. The zero-order valence-corrected chi connectivity index (χ0v) is 23.0. The van der Waals surface area contributed by atoms with Crippen molar-refractivity contribution in [2.45, 2.75) is 27.4 Å². The van der Waals surface area contributed by atoms with Gasteiger partial charge in [-0.05, 0) is 78.1 Å². The van der Waals surface area contributed by atoms with E-state index < -0.39 is 17.8 Å². The van der Waals surface area contributed by atoms with E-state index in [1.165, 1.54) is 6.08 Å². The van der Waals surface area contributed by atoms with Crippen LogP contribution in [0.15, 0.2) is 78.4 Å². The first-order valence-electron chi connectivity index (χ1n) is 12.8. The molecule has 202 valence electrons. The molecule has 1 N–H and O–H groups in total. The van der Waals surface area contributed by atoms with E-state index in [-0.39, 0.29) is 17.2 Å². The summed E-state index contributed by atoms with van der Waals surface area (Å²) in [6, 6.07) is 21.8. The summed E-state index contributed by atoms with van der Waals surface area (Å²) in [6.45, 7) is 6.13. The molecule has 1 aliphatic rings. The maximum Gasteiger partial charge on any atom is 0.335 e. The number of carbonyl (C=O) groups is 3. The summed E-state index contributed by atoms with van der Waals surface area (Å²) in [4.78, 5) is 39.8. The molecule has 0 saturated carbocycles. The SMILES string of the molecule is CCOc1cc(/C=C2\C(=O)NC(=O)N(c3cccc(C)c3C)C2=O)cc(Cl)c1OCc1cccc2ccccc12. The summed E-state index contributed by atoms with van der Waals surface area (Å²) in [6.07, 6.45) is 1.39. The molecule has 0 aromatic heterocycles. The van der Waals surface area contributed by atoms with Crippen molar-refractivity contribution in [1.29, 1.82) is 0 Å². The molecule has 4 aromatic rings. The minimum absolute atomic E-state index is 0.205. The van der Waals surface area contributed by atoms with Crippen LogP contribution in [0.1, 0.15) is 29.2 Å². The maximum atomic E-state index is 13.4. The highest BCUT2D eigenvalue weighted by molar-refractivity contribution is 6.39. The van der Waals surface area contributed by atoms with Crippen molar-refractivity contribution in [2.24, 2.45) is 0 Å². The van der Waals surface area contributed by atoms with E-state index in [4.69, 9.17) is 21.1 Å². The first-order valence-corrected chi connectivity index (χ1v) is 13.2. The fourth-order valence-electron chi connectivity index (χ4n) is 4.66. The summed E-state index contributed by atoms with van der Waals surface area (Å²) in [5, 5.41) is 4.69. The van der Waals surface area contributed by atoms with E-state index in [9.17, 15) is 14.4 Å². The molecule has 0 spiro atoms. The van der Waals surface area contributed by atoms with Crippen LogP contribution in [-0.4, -0.2) is 24.5 Å². The van der Waals surface area contributed by atoms with Crippen molar-refractivity contribution in [3.05, 3.63) is 106 Å². The van der Waals surface area contributed by atoms with Crippen molar-refractivity contribution < 1.29 is 23.9 Å². The lowest BCUT2D eigenvalue weighted by Crippen LogP contribution is -2.54. The van der Waals surface area contributed by atoms with Crippen LogP contribution < -0.4 is 19.7 Å². The number of anilines is 1. The highest BCUT2D eigenvalue weighted by Crippen LogP contribution is 2.38. The van der Waals surface area contributed by atoms with Crippen LogP contribution in [0.4, 0.5) is 10.5 Å². The molecule has 1 heterocycles. The van der Waals surface area contributed by atoms with Gasteiger partial charge in [0.05, 0.1) is 17.3 Å². The Morgan fingerprint density at radius 3 is 2.48 bits per heavy atom. The van der Waals surface area contributed by atoms with Crippen LogP contribution in [-0.2, 0) is 16.2 Å². The Bertz CT molecular complexity index is 1690. The molecule has 4 amide bonds. The second kappa shape index (κ2) is 11.2. The first-order chi connectivity index (χ1) is 19.3. The number of nitrogens with zero attached hydrogens (tertiary/aromatic N) is 1. The number of urea groups is 1. The maximum absolute atomic E-state index is 13.4. The summed E-state index contributed by atoms with van der Waals surface area (Å²) >= 11 is 6.65. The van der Waals surface area contributed by atoms with Gasteiger partial charge in [0.1, 0.15) is 12.2 Å². The third kappa shape index (κ3) is 5.16.